The zero-order chi connectivity index (χ0) is 11.7. The zero-order valence-electron chi connectivity index (χ0n) is 10.3. The van der Waals surface area contributed by atoms with Crippen molar-refractivity contribution in [3.8, 4) is 0 Å². The molecule has 0 aromatic heterocycles. The fourth-order valence-corrected chi connectivity index (χ4v) is 3.54. The Bertz CT molecular complexity index is 306. The molecule has 0 aliphatic heterocycles. The highest BCUT2D eigenvalue weighted by atomic mass is 16.4. The first-order valence-electron chi connectivity index (χ1n) is 6.49. The molecular formula is C15H26O2. The van der Waals surface area contributed by atoms with Gasteiger partial charge in [0, 0.05) is 0 Å². The molecule has 0 aromatic carbocycles. The number of carbonyl (C=O) groups is 1. The van der Waals surface area contributed by atoms with Gasteiger partial charge in [0.25, 0.3) is 0 Å². The van der Waals surface area contributed by atoms with E-state index in [1.807, 2.05) is 6.92 Å². The molecule has 2 aliphatic rings. The third-order valence-electron chi connectivity index (χ3n) is 4.57. The summed E-state index contributed by atoms with van der Waals surface area (Å²) in [5, 5.41) is 9.17. The number of hydrogen-bond acceptors (Lipinski definition) is 1. The van der Waals surface area contributed by atoms with Gasteiger partial charge in [-0.2, -0.15) is 0 Å². The average molecular weight is 238 g/mol. The molecule has 2 aliphatic carbocycles. The van der Waals surface area contributed by atoms with Crippen molar-refractivity contribution in [2.45, 2.75) is 53.4 Å². The second-order valence-electron chi connectivity index (χ2n) is 5.61. The lowest BCUT2D eigenvalue weighted by molar-refractivity contribution is -0.144. The first-order chi connectivity index (χ1) is 7.59. The maximum Gasteiger partial charge on any atom is 0.306 e. The lowest BCUT2D eigenvalue weighted by atomic mass is 9.63. The zero-order valence-corrected chi connectivity index (χ0v) is 10.3. The van der Waals surface area contributed by atoms with Crippen molar-refractivity contribution in [3.05, 3.63) is 11.6 Å². The second kappa shape index (κ2) is 5.70. The lowest BCUT2D eigenvalue weighted by Gasteiger charge is -2.41. The Morgan fingerprint density at radius 1 is 1.41 bits per heavy atom. The van der Waals surface area contributed by atoms with E-state index in [4.69, 9.17) is 5.11 Å². The van der Waals surface area contributed by atoms with Crippen LogP contribution in [-0.4, -0.2) is 11.1 Å². The predicted octanol–water partition coefficient (Wildman–Crippen LogP) is 4.12. The van der Waals surface area contributed by atoms with E-state index < -0.39 is 5.97 Å². The van der Waals surface area contributed by atoms with Crippen molar-refractivity contribution < 1.29 is 9.90 Å². The molecule has 0 amide bonds. The molecule has 2 unspecified atom stereocenters. The smallest absolute Gasteiger partial charge is 0.306 e. The molecule has 0 saturated heterocycles. The van der Waals surface area contributed by atoms with Crippen LogP contribution in [0.15, 0.2) is 11.6 Å². The highest BCUT2D eigenvalue weighted by Gasteiger charge is 2.38. The van der Waals surface area contributed by atoms with Gasteiger partial charge in [-0.1, -0.05) is 32.4 Å². The fraction of sp³-hybridized carbons (Fsp3) is 0.800. The summed E-state index contributed by atoms with van der Waals surface area (Å²) in [6.07, 6.45) is 8.48. The van der Waals surface area contributed by atoms with E-state index in [1.165, 1.54) is 31.3 Å². The molecule has 0 spiro atoms. The minimum atomic E-state index is -0.623. The Morgan fingerprint density at radius 3 is 2.76 bits per heavy atom. The van der Waals surface area contributed by atoms with Crippen LogP contribution in [0.4, 0.5) is 0 Å². The largest absolute Gasteiger partial charge is 0.481 e. The van der Waals surface area contributed by atoms with Crippen LogP contribution < -0.4 is 0 Å². The molecule has 2 nitrogen and oxygen atoms in total. The van der Waals surface area contributed by atoms with E-state index in [0.717, 1.165) is 12.3 Å². The number of allylic oxidation sites excluding steroid dienone is 2. The Balaban J connectivity index is 0.00000144. The molecule has 2 heteroatoms. The lowest BCUT2D eigenvalue weighted by Crippen LogP contribution is -2.35. The second-order valence-corrected chi connectivity index (χ2v) is 5.61. The van der Waals surface area contributed by atoms with Gasteiger partial charge in [-0.15, -0.1) is 0 Å². The maximum atomic E-state index is 11.1. The number of rotatable bonds is 2. The fourth-order valence-electron chi connectivity index (χ4n) is 3.54. The molecule has 17 heavy (non-hydrogen) atoms. The molecular weight excluding hydrogens is 212 g/mol. The summed E-state index contributed by atoms with van der Waals surface area (Å²) >= 11 is 0. The Hall–Kier alpha value is -0.790. The molecule has 1 saturated carbocycles. The van der Waals surface area contributed by atoms with Crippen molar-refractivity contribution in [1.29, 1.82) is 0 Å². The van der Waals surface area contributed by atoms with E-state index in [2.05, 4.69) is 13.0 Å². The summed E-state index contributed by atoms with van der Waals surface area (Å²) in [5.41, 5.74) is 1.46. The Kier molecular flexibility index (Phi) is 4.79. The van der Waals surface area contributed by atoms with Crippen LogP contribution >= 0.6 is 0 Å². The van der Waals surface area contributed by atoms with E-state index in [-0.39, 0.29) is 13.3 Å². The van der Waals surface area contributed by atoms with E-state index >= 15 is 0 Å². The van der Waals surface area contributed by atoms with Gasteiger partial charge in [-0.05, 0) is 50.4 Å². The number of aliphatic carboxylic acids is 1. The van der Waals surface area contributed by atoms with Crippen LogP contribution in [0, 0.1) is 23.7 Å². The number of carboxylic acids is 1. The summed E-state index contributed by atoms with van der Waals surface area (Å²) in [6.45, 7) is 4.07. The van der Waals surface area contributed by atoms with Crippen LogP contribution in [0.3, 0.4) is 0 Å². The normalized spacial score (nSPS) is 34.0. The Labute approximate surface area is 105 Å². The van der Waals surface area contributed by atoms with Crippen LogP contribution in [0.25, 0.3) is 0 Å². The highest BCUT2D eigenvalue weighted by molar-refractivity contribution is 5.70. The molecule has 0 heterocycles. The molecule has 4 atom stereocenters. The number of hydrogen-bond donors (Lipinski definition) is 1. The van der Waals surface area contributed by atoms with Gasteiger partial charge >= 0.3 is 5.97 Å². The van der Waals surface area contributed by atoms with Gasteiger partial charge in [0.1, 0.15) is 0 Å². The molecule has 1 fully saturated rings. The van der Waals surface area contributed by atoms with Crippen LogP contribution in [0.5, 0.6) is 0 Å². The topological polar surface area (TPSA) is 37.3 Å². The average Bonchev–Trinajstić information content (AvgIpc) is 2.27. The van der Waals surface area contributed by atoms with Crippen molar-refractivity contribution >= 4 is 5.97 Å². The standard InChI is InChI=1S/C14H22O2.CH4/c1-9-6-7-11-4-3-5-12(13(11)8-9)10(2)14(15)16;/h8,10-13H,3-7H2,1-2H3,(H,15,16);1H4/t10-,11-,12?,13?;/m1./s1. The van der Waals surface area contributed by atoms with Gasteiger partial charge < -0.3 is 5.11 Å². The maximum absolute atomic E-state index is 11.1. The number of carboxylic acid groups (broad SMARTS) is 1. The van der Waals surface area contributed by atoms with E-state index in [1.54, 1.807) is 0 Å². The minimum absolute atomic E-state index is 0. The summed E-state index contributed by atoms with van der Waals surface area (Å²) in [6, 6.07) is 0. The van der Waals surface area contributed by atoms with E-state index in [0.29, 0.717) is 11.8 Å². The van der Waals surface area contributed by atoms with Crippen LogP contribution in [0.1, 0.15) is 53.4 Å². The van der Waals surface area contributed by atoms with Crippen molar-refractivity contribution in [1.82, 2.24) is 0 Å². The monoisotopic (exact) mass is 238 g/mol. The molecule has 1 N–H and O–H groups in total. The summed E-state index contributed by atoms with van der Waals surface area (Å²) in [5.74, 6) is 0.849. The van der Waals surface area contributed by atoms with Gasteiger partial charge in [-0.25, -0.2) is 0 Å². The predicted molar refractivity (Wildman–Crippen MR) is 70.8 cm³/mol. The summed E-state index contributed by atoms with van der Waals surface area (Å²) < 4.78 is 0. The van der Waals surface area contributed by atoms with Crippen LogP contribution in [-0.2, 0) is 4.79 Å². The van der Waals surface area contributed by atoms with Crippen molar-refractivity contribution in [2.24, 2.45) is 23.7 Å². The Morgan fingerprint density at radius 2 is 2.12 bits per heavy atom. The van der Waals surface area contributed by atoms with E-state index in [9.17, 15) is 4.79 Å². The highest BCUT2D eigenvalue weighted by Crippen LogP contribution is 2.45. The van der Waals surface area contributed by atoms with Gasteiger partial charge in [0.05, 0.1) is 5.92 Å². The van der Waals surface area contributed by atoms with Crippen molar-refractivity contribution in [2.75, 3.05) is 0 Å². The van der Waals surface area contributed by atoms with Gasteiger partial charge in [0.2, 0.25) is 0 Å². The third-order valence-corrected chi connectivity index (χ3v) is 4.57. The SMILES string of the molecule is C.CC1=CC2C([C@@H](C)C(=O)O)CCC[C@@H]2CC1. The quantitative estimate of drug-likeness (QED) is 0.735. The molecule has 0 radical (unpaired) electrons. The molecule has 0 bridgehead atoms. The summed E-state index contributed by atoms with van der Waals surface area (Å²) in [4.78, 5) is 11.1. The van der Waals surface area contributed by atoms with Gasteiger partial charge in [-0.3, -0.25) is 4.79 Å². The molecule has 98 valence electrons. The minimum Gasteiger partial charge on any atom is -0.481 e. The van der Waals surface area contributed by atoms with Crippen molar-refractivity contribution in [3.63, 3.8) is 0 Å². The summed E-state index contributed by atoms with van der Waals surface area (Å²) in [7, 11) is 0. The van der Waals surface area contributed by atoms with Gasteiger partial charge in [0.15, 0.2) is 0 Å². The third kappa shape index (κ3) is 2.91. The first-order valence-corrected chi connectivity index (χ1v) is 6.49. The van der Waals surface area contributed by atoms with Crippen LogP contribution in [0.2, 0.25) is 0 Å². The molecule has 2 rings (SSSR count). The molecule has 0 aromatic rings. The first kappa shape index (κ1) is 14.3. The number of fused-ring (bicyclic) bond motifs is 1.